The van der Waals surface area contributed by atoms with Crippen LogP contribution in [0, 0.1) is 5.82 Å². The quantitative estimate of drug-likeness (QED) is 0.486. The van der Waals surface area contributed by atoms with E-state index in [1.807, 2.05) is 6.07 Å². The number of amides is 1. The first-order valence-electron chi connectivity index (χ1n) is 11.7. The van der Waals surface area contributed by atoms with E-state index in [0.717, 1.165) is 18.7 Å². The molecule has 0 aliphatic carbocycles. The van der Waals surface area contributed by atoms with Crippen molar-refractivity contribution in [2.45, 2.75) is 19.0 Å². The second-order valence-electron chi connectivity index (χ2n) is 8.57. The van der Waals surface area contributed by atoms with Gasteiger partial charge >= 0.3 is 0 Å². The highest BCUT2D eigenvalue weighted by atomic mass is 32.1. The third-order valence-electron chi connectivity index (χ3n) is 6.35. The summed E-state index contributed by atoms with van der Waals surface area (Å²) in [6.07, 6.45) is 3.81. The fourth-order valence-electron chi connectivity index (χ4n) is 4.27. The maximum Gasteiger partial charge on any atom is 0.263 e. The number of pyridine rings is 1. The van der Waals surface area contributed by atoms with Crippen LogP contribution < -0.4 is 25.4 Å². The van der Waals surface area contributed by atoms with E-state index in [2.05, 4.69) is 22.2 Å². The van der Waals surface area contributed by atoms with Crippen LogP contribution in [0.3, 0.4) is 0 Å². The van der Waals surface area contributed by atoms with Gasteiger partial charge in [0, 0.05) is 43.5 Å². The monoisotopic (exact) mass is 515 g/mol. The maximum atomic E-state index is 14.2. The summed E-state index contributed by atoms with van der Waals surface area (Å²) in [5.74, 6) is -0.317. The largest absolute Gasteiger partial charge is 0.492 e. The molecular formula is C25H30FN5O4S. The van der Waals surface area contributed by atoms with Crippen molar-refractivity contribution in [1.82, 2.24) is 15.2 Å². The van der Waals surface area contributed by atoms with Crippen molar-refractivity contribution in [3.05, 3.63) is 59.3 Å². The Morgan fingerprint density at radius 3 is 2.94 bits per heavy atom. The number of rotatable bonds is 9. The van der Waals surface area contributed by atoms with Gasteiger partial charge in [0.2, 0.25) is 0 Å². The van der Waals surface area contributed by atoms with Crippen molar-refractivity contribution < 1.29 is 23.4 Å². The van der Waals surface area contributed by atoms with E-state index in [4.69, 9.17) is 32.2 Å². The number of hydrogen-bond donors (Lipinski definition) is 2. The molecule has 1 aromatic carbocycles. The van der Waals surface area contributed by atoms with Crippen LogP contribution in [0.5, 0.6) is 11.5 Å². The van der Waals surface area contributed by atoms with Crippen molar-refractivity contribution in [2.24, 2.45) is 5.73 Å². The molecule has 0 radical (unpaired) electrons. The van der Waals surface area contributed by atoms with E-state index >= 15 is 0 Å². The van der Waals surface area contributed by atoms with Gasteiger partial charge in [0.1, 0.15) is 17.3 Å². The molecule has 1 fully saturated rings. The van der Waals surface area contributed by atoms with Gasteiger partial charge < -0.3 is 30.2 Å². The van der Waals surface area contributed by atoms with Gasteiger partial charge in [-0.25, -0.2) is 4.39 Å². The van der Waals surface area contributed by atoms with Crippen molar-refractivity contribution in [2.75, 3.05) is 52.0 Å². The number of thiocarbonyl (C=S) groups is 1. The lowest BCUT2D eigenvalue weighted by Crippen LogP contribution is -2.46. The first-order chi connectivity index (χ1) is 17.4. The third kappa shape index (κ3) is 5.58. The molecule has 0 unspecified atom stereocenters. The van der Waals surface area contributed by atoms with Gasteiger partial charge in [-0.2, -0.15) is 0 Å². The van der Waals surface area contributed by atoms with Crippen LogP contribution in [-0.2, 0) is 16.1 Å². The molecule has 2 aromatic rings. The Labute approximate surface area is 215 Å². The van der Waals surface area contributed by atoms with E-state index in [1.54, 1.807) is 18.5 Å². The lowest BCUT2D eigenvalue weighted by atomic mass is 10.0. The van der Waals surface area contributed by atoms with Crippen LogP contribution in [0.1, 0.15) is 12.0 Å². The SMILES string of the molecule is COc1c(F)cccc1N1CCC(NCc2ccncc2OC[C@@H]2COCCN2C)=C(C(N)=S)C1=O. The van der Waals surface area contributed by atoms with Crippen LogP contribution in [0.4, 0.5) is 10.1 Å². The van der Waals surface area contributed by atoms with E-state index in [-0.39, 0.29) is 22.4 Å². The number of aromatic nitrogens is 1. The molecule has 1 atom stereocenters. The number of likely N-dealkylation sites (N-methyl/N-ethyl adjacent to an activating group) is 1. The normalized spacial score (nSPS) is 18.8. The number of carbonyl (C=O) groups is 1. The second-order valence-corrected chi connectivity index (χ2v) is 9.01. The summed E-state index contributed by atoms with van der Waals surface area (Å²) < 4.78 is 31.1. The molecule has 9 nitrogen and oxygen atoms in total. The molecule has 3 heterocycles. The van der Waals surface area contributed by atoms with Crippen molar-refractivity contribution in [1.29, 1.82) is 0 Å². The third-order valence-corrected chi connectivity index (χ3v) is 6.55. The summed E-state index contributed by atoms with van der Waals surface area (Å²) in [5, 5.41) is 3.32. The summed E-state index contributed by atoms with van der Waals surface area (Å²) >= 11 is 5.22. The zero-order valence-electron chi connectivity index (χ0n) is 20.3. The molecule has 0 spiro atoms. The topological polar surface area (TPSA) is 102 Å². The maximum absolute atomic E-state index is 14.2. The van der Waals surface area contributed by atoms with Gasteiger partial charge in [-0.15, -0.1) is 0 Å². The van der Waals surface area contributed by atoms with Gasteiger partial charge in [-0.1, -0.05) is 18.3 Å². The summed E-state index contributed by atoms with van der Waals surface area (Å²) in [6.45, 7) is 3.35. The number of benzene rings is 1. The Balaban J connectivity index is 1.50. The predicted octanol–water partition coefficient (Wildman–Crippen LogP) is 2.01. The molecule has 1 aromatic heterocycles. The summed E-state index contributed by atoms with van der Waals surface area (Å²) in [6, 6.07) is 6.46. The molecule has 0 bridgehead atoms. The molecule has 1 amide bonds. The van der Waals surface area contributed by atoms with Crippen molar-refractivity contribution in [3.8, 4) is 11.5 Å². The van der Waals surface area contributed by atoms with Gasteiger partial charge in [-0.3, -0.25) is 14.7 Å². The Hall–Kier alpha value is -3.28. The Bertz CT molecular complexity index is 1160. The number of methoxy groups -OCH3 is 1. The minimum Gasteiger partial charge on any atom is -0.492 e. The smallest absolute Gasteiger partial charge is 0.263 e. The second kappa shape index (κ2) is 11.6. The fraction of sp³-hybridized carbons (Fsp3) is 0.400. The standard InChI is InChI=1S/C25H30FN5O4S/c1-30-10-11-34-14-17(30)15-35-21-13-28-8-6-16(21)12-29-19-7-9-31(25(32)22(19)24(27)36)20-5-3-4-18(26)23(20)33-2/h3-6,8,13,17,29H,7,9-12,14-15H2,1-2H3,(H2,27,36)/t17-/m0/s1. The highest BCUT2D eigenvalue weighted by Crippen LogP contribution is 2.34. The molecule has 0 saturated carbocycles. The average Bonchev–Trinajstić information content (AvgIpc) is 2.87. The number of para-hydroxylation sites is 1. The van der Waals surface area contributed by atoms with E-state index in [9.17, 15) is 9.18 Å². The number of morpholine rings is 1. The first kappa shape index (κ1) is 25.8. The molecule has 3 N–H and O–H groups in total. The number of nitrogens with one attached hydrogen (secondary N) is 1. The van der Waals surface area contributed by atoms with Gasteiger partial charge in [0.25, 0.3) is 5.91 Å². The molecule has 11 heteroatoms. The van der Waals surface area contributed by atoms with Gasteiger partial charge in [0.15, 0.2) is 11.6 Å². The van der Waals surface area contributed by atoms with Crippen LogP contribution in [0.25, 0.3) is 0 Å². The zero-order chi connectivity index (χ0) is 25.7. The average molecular weight is 516 g/mol. The number of hydrogen-bond acceptors (Lipinski definition) is 8. The number of nitrogens with two attached hydrogens (primary N) is 1. The lowest BCUT2D eigenvalue weighted by Gasteiger charge is -2.32. The number of anilines is 1. The van der Waals surface area contributed by atoms with Crippen molar-refractivity contribution in [3.63, 3.8) is 0 Å². The fourth-order valence-corrected chi connectivity index (χ4v) is 4.48. The number of carbonyl (C=O) groups excluding carboxylic acids is 1. The van der Waals surface area contributed by atoms with Gasteiger partial charge in [0.05, 0.1) is 43.8 Å². The van der Waals surface area contributed by atoms with Crippen LogP contribution in [0.2, 0.25) is 0 Å². The zero-order valence-corrected chi connectivity index (χ0v) is 21.1. The van der Waals surface area contributed by atoms with E-state index in [1.165, 1.54) is 24.1 Å². The van der Waals surface area contributed by atoms with Crippen molar-refractivity contribution >= 4 is 28.8 Å². The van der Waals surface area contributed by atoms with Gasteiger partial charge in [-0.05, 0) is 25.2 Å². The summed E-state index contributed by atoms with van der Waals surface area (Å²) in [7, 11) is 3.41. The van der Waals surface area contributed by atoms with Crippen LogP contribution in [-0.4, -0.2) is 73.9 Å². The minimum atomic E-state index is -0.552. The molecule has 192 valence electrons. The van der Waals surface area contributed by atoms with E-state index in [0.29, 0.717) is 49.9 Å². The predicted molar refractivity (Wildman–Crippen MR) is 138 cm³/mol. The van der Waals surface area contributed by atoms with Crippen LogP contribution in [0.15, 0.2) is 47.9 Å². The number of ether oxygens (including phenoxy) is 3. The molecule has 1 saturated heterocycles. The summed E-state index contributed by atoms with van der Waals surface area (Å²) in [4.78, 5) is 21.2. The Morgan fingerprint density at radius 1 is 1.36 bits per heavy atom. The minimum absolute atomic E-state index is 0.00265. The Morgan fingerprint density at radius 2 is 2.19 bits per heavy atom. The van der Waals surface area contributed by atoms with Crippen LogP contribution >= 0.6 is 12.2 Å². The Kier molecular flexibility index (Phi) is 8.34. The summed E-state index contributed by atoms with van der Waals surface area (Å²) in [5.41, 5.74) is 7.99. The lowest BCUT2D eigenvalue weighted by molar-refractivity contribution is -0.115. The highest BCUT2D eigenvalue weighted by molar-refractivity contribution is 7.80. The molecular weight excluding hydrogens is 485 g/mol. The molecule has 4 rings (SSSR count). The molecule has 36 heavy (non-hydrogen) atoms. The number of nitrogens with zero attached hydrogens (tertiary/aromatic N) is 3. The molecule has 2 aliphatic rings. The highest BCUT2D eigenvalue weighted by Gasteiger charge is 2.32. The number of halogens is 1. The first-order valence-corrected chi connectivity index (χ1v) is 12.1. The molecule has 2 aliphatic heterocycles. The van der Waals surface area contributed by atoms with E-state index < -0.39 is 11.7 Å².